The number of alkyl halides is 3. The zero-order valence-corrected chi connectivity index (χ0v) is 13.5. The maximum absolute atomic E-state index is 12.9. The van der Waals surface area contributed by atoms with Crippen LogP contribution >= 0.6 is 0 Å². The van der Waals surface area contributed by atoms with E-state index in [0.717, 1.165) is 40.6 Å². The van der Waals surface area contributed by atoms with E-state index in [1.165, 1.54) is 12.1 Å². The van der Waals surface area contributed by atoms with Crippen LogP contribution < -0.4 is 10.6 Å². The second-order valence-electron chi connectivity index (χ2n) is 6.34. The number of aryl methyl sites for hydroxylation is 1. The van der Waals surface area contributed by atoms with Crippen molar-refractivity contribution in [1.29, 1.82) is 0 Å². The summed E-state index contributed by atoms with van der Waals surface area (Å²) in [7, 11) is 0. The maximum Gasteiger partial charge on any atom is 0.416 e. The molecule has 25 heavy (non-hydrogen) atoms. The molecule has 1 aliphatic rings. The molecule has 0 radical (unpaired) electrons. The van der Waals surface area contributed by atoms with Crippen LogP contribution in [0.3, 0.4) is 0 Å². The van der Waals surface area contributed by atoms with Gasteiger partial charge in [0.25, 0.3) is 0 Å². The molecule has 0 aliphatic heterocycles. The second-order valence-corrected chi connectivity index (χ2v) is 6.34. The van der Waals surface area contributed by atoms with Crippen molar-refractivity contribution >= 4 is 16.6 Å². The summed E-state index contributed by atoms with van der Waals surface area (Å²) in [5, 5.41) is 7.72. The number of nitrogens with one attached hydrogen (secondary N) is 3. The Morgan fingerprint density at radius 1 is 1.08 bits per heavy atom. The first kappa shape index (κ1) is 16.0. The number of benzene rings is 2. The highest BCUT2D eigenvalue weighted by Crippen LogP contribution is 2.36. The Kier molecular flexibility index (Phi) is 3.92. The van der Waals surface area contributed by atoms with Crippen molar-refractivity contribution in [3.05, 3.63) is 65.4 Å². The summed E-state index contributed by atoms with van der Waals surface area (Å²) in [6.45, 7) is 0.496. The van der Waals surface area contributed by atoms with Crippen molar-refractivity contribution in [2.75, 3.05) is 12.0 Å². The number of rotatable bonds is 4. The number of H-pyrrole nitrogens is 1. The molecule has 1 aliphatic carbocycles. The van der Waals surface area contributed by atoms with E-state index in [0.29, 0.717) is 6.67 Å². The Morgan fingerprint density at radius 2 is 1.96 bits per heavy atom. The van der Waals surface area contributed by atoms with Crippen LogP contribution in [-0.2, 0) is 12.6 Å². The molecule has 3 aromatic rings. The van der Waals surface area contributed by atoms with Crippen molar-refractivity contribution in [1.82, 2.24) is 10.3 Å². The third-order valence-electron chi connectivity index (χ3n) is 4.75. The normalized spacial score (nSPS) is 17.0. The van der Waals surface area contributed by atoms with Gasteiger partial charge in [-0.3, -0.25) is 5.32 Å². The highest BCUT2D eigenvalue weighted by atomic mass is 19.4. The van der Waals surface area contributed by atoms with Crippen LogP contribution in [-0.4, -0.2) is 11.7 Å². The fourth-order valence-electron chi connectivity index (χ4n) is 3.43. The van der Waals surface area contributed by atoms with Gasteiger partial charge >= 0.3 is 6.18 Å². The summed E-state index contributed by atoms with van der Waals surface area (Å²) in [5.41, 5.74) is 3.23. The van der Waals surface area contributed by atoms with Crippen LogP contribution in [0.1, 0.15) is 29.2 Å². The van der Waals surface area contributed by atoms with Crippen LogP contribution in [0, 0.1) is 0 Å². The fourth-order valence-corrected chi connectivity index (χ4v) is 3.43. The quantitative estimate of drug-likeness (QED) is 0.593. The predicted molar refractivity (Wildman–Crippen MR) is 92.4 cm³/mol. The van der Waals surface area contributed by atoms with E-state index in [1.54, 1.807) is 6.07 Å². The van der Waals surface area contributed by atoms with E-state index in [9.17, 15) is 13.2 Å². The van der Waals surface area contributed by atoms with Gasteiger partial charge in [-0.2, -0.15) is 13.2 Å². The number of hydrogen-bond acceptors (Lipinski definition) is 2. The van der Waals surface area contributed by atoms with Crippen LogP contribution in [0.15, 0.2) is 48.7 Å². The van der Waals surface area contributed by atoms with Crippen molar-refractivity contribution in [2.24, 2.45) is 0 Å². The molecule has 1 atom stereocenters. The summed E-state index contributed by atoms with van der Waals surface area (Å²) in [4.78, 5) is 3.14. The van der Waals surface area contributed by atoms with E-state index in [2.05, 4.69) is 15.6 Å². The number of fused-ring (bicyclic) bond motifs is 2. The van der Waals surface area contributed by atoms with E-state index >= 15 is 0 Å². The molecule has 0 bridgehead atoms. The molecule has 0 saturated carbocycles. The van der Waals surface area contributed by atoms with Crippen LogP contribution in [0.5, 0.6) is 0 Å². The lowest BCUT2D eigenvalue weighted by atomic mass is 10.0. The third kappa shape index (κ3) is 3.22. The average Bonchev–Trinajstić information content (AvgIpc) is 3.20. The van der Waals surface area contributed by atoms with Gasteiger partial charge in [-0.15, -0.1) is 0 Å². The topological polar surface area (TPSA) is 39.8 Å². The van der Waals surface area contributed by atoms with Crippen molar-refractivity contribution in [3.63, 3.8) is 0 Å². The molecular formula is C19H18F3N3. The minimum atomic E-state index is -4.30. The standard InChI is InChI=1S/C19H18F3N3/c20-19(21,22)14-3-1-12-2-5-18(16(12)10-14)25-11-24-15-4-6-17-13(9-15)7-8-23-17/h1,3-4,6-10,18,23-25H,2,5,11H2. The first-order valence-corrected chi connectivity index (χ1v) is 8.25. The second kappa shape index (κ2) is 6.11. The molecule has 1 heterocycles. The lowest BCUT2D eigenvalue weighted by molar-refractivity contribution is -0.137. The molecule has 2 aromatic carbocycles. The first-order valence-electron chi connectivity index (χ1n) is 8.25. The lowest BCUT2D eigenvalue weighted by Gasteiger charge is -2.17. The molecule has 4 rings (SSSR count). The van der Waals surface area contributed by atoms with Crippen LogP contribution in [0.2, 0.25) is 0 Å². The highest BCUT2D eigenvalue weighted by molar-refractivity contribution is 5.82. The van der Waals surface area contributed by atoms with Gasteiger partial charge < -0.3 is 10.3 Å². The molecule has 0 amide bonds. The number of aromatic nitrogens is 1. The van der Waals surface area contributed by atoms with Gasteiger partial charge in [-0.05, 0) is 60.4 Å². The summed E-state index contributed by atoms with van der Waals surface area (Å²) in [5.74, 6) is 0. The van der Waals surface area contributed by atoms with Gasteiger partial charge in [-0.25, -0.2) is 0 Å². The third-order valence-corrected chi connectivity index (χ3v) is 4.75. The molecule has 1 unspecified atom stereocenters. The zero-order valence-electron chi connectivity index (χ0n) is 13.5. The Morgan fingerprint density at radius 3 is 2.80 bits per heavy atom. The molecule has 6 heteroatoms. The SMILES string of the molecule is FC(F)(F)c1ccc2c(c1)C(NCNc1ccc3[nH]ccc3c1)CC2. The molecule has 0 spiro atoms. The fraction of sp³-hybridized carbons (Fsp3) is 0.263. The number of hydrogen-bond donors (Lipinski definition) is 3. The smallest absolute Gasteiger partial charge is 0.372 e. The van der Waals surface area contributed by atoms with Gasteiger partial charge in [0.2, 0.25) is 0 Å². The predicted octanol–water partition coefficient (Wildman–Crippen LogP) is 4.83. The Bertz CT molecular complexity index is 898. The number of aromatic amines is 1. The zero-order chi connectivity index (χ0) is 17.4. The molecule has 3 N–H and O–H groups in total. The average molecular weight is 345 g/mol. The van der Waals surface area contributed by atoms with E-state index < -0.39 is 11.7 Å². The van der Waals surface area contributed by atoms with E-state index in [1.807, 2.05) is 30.5 Å². The summed E-state index contributed by atoms with van der Waals surface area (Å²) < 4.78 is 38.8. The Balaban J connectivity index is 1.43. The van der Waals surface area contributed by atoms with Gasteiger partial charge in [0.1, 0.15) is 0 Å². The molecule has 3 nitrogen and oxygen atoms in total. The number of anilines is 1. The van der Waals surface area contributed by atoms with Crippen LogP contribution in [0.4, 0.5) is 18.9 Å². The number of halogens is 3. The highest BCUT2D eigenvalue weighted by Gasteiger charge is 2.33. The first-order chi connectivity index (χ1) is 12.0. The van der Waals surface area contributed by atoms with Crippen LogP contribution in [0.25, 0.3) is 10.9 Å². The summed E-state index contributed by atoms with van der Waals surface area (Å²) >= 11 is 0. The van der Waals surface area contributed by atoms with Gasteiger partial charge in [-0.1, -0.05) is 6.07 Å². The summed E-state index contributed by atoms with van der Waals surface area (Å²) in [6, 6.07) is 12.0. The van der Waals surface area contributed by atoms with Gasteiger partial charge in [0, 0.05) is 28.8 Å². The molecule has 0 saturated heterocycles. The van der Waals surface area contributed by atoms with E-state index in [4.69, 9.17) is 0 Å². The van der Waals surface area contributed by atoms with Gasteiger partial charge in [0.15, 0.2) is 0 Å². The molecular weight excluding hydrogens is 327 g/mol. The van der Waals surface area contributed by atoms with E-state index in [-0.39, 0.29) is 6.04 Å². The maximum atomic E-state index is 12.9. The lowest BCUT2D eigenvalue weighted by Crippen LogP contribution is -2.25. The minimum Gasteiger partial charge on any atom is -0.372 e. The van der Waals surface area contributed by atoms with Gasteiger partial charge in [0.05, 0.1) is 12.2 Å². The van der Waals surface area contributed by atoms with Crippen molar-refractivity contribution < 1.29 is 13.2 Å². The minimum absolute atomic E-state index is 0.0548. The Hall–Kier alpha value is -2.47. The van der Waals surface area contributed by atoms with Crippen molar-refractivity contribution in [3.8, 4) is 0 Å². The monoisotopic (exact) mass is 345 g/mol. The van der Waals surface area contributed by atoms with Crippen molar-refractivity contribution in [2.45, 2.75) is 25.1 Å². The largest absolute Gasteiger partial charge is 0.416 e. The molecule has 0 fully saturated rings. The Labute approximate surface area is 143 Å². The molecule has 1 aromatic heterocycles. The molecule has 130 valence electrons. The summed E-state index contributed by atoms with van der Waals surface area (Å²) in [6.07, 6.45) is -0.789.